The summed E-state index contributed by atoms with van der Waals surface area (Å²) in [6, 6.07) is 8.11. The van der Waals surface area contributed by atoms with Crippen LogP contribution in [0.15, 0.2) is 24.3 Å². The maximum Gasteiger partial charge on any atom is 0.119 e. The van der Waals surface area contributed by atoms with Crippen molar-refractivity contribution in [2.75, 3.05) is 6.61 Å². The summed E-state index contributed by atoms with van der Waals surface area (Å²) in [6.45, 7) is 1.45. The van der Waals surface area contributed by atoms with E-state index < -0.39 is 0 Å². The van der Waals surface area contributed by atoms with Crippen LogP contribution < -0.4 is 10.5 Å². The monoisotopic (exact) mass is 233 g/mol. The van der Waals surface area contributed by atoms with E-state index in [9.17, 15) is 0 Å². The van der Waals surface area contributed by atoms with Crippen molar-refractivity contribution >= 4 is 0 Å². The molecule has 0 bridgehead atoms. The molecule has 1 aromatic rings. The van der Waals surface area contributed by atoms with Gasteiger partial charge >= 0.3 is 0 Å². The van der Waals surface area contributed by atoms with E-state index in [-0.39, 0.29) is 0 Å². The normalized spacial score (nSPS) is 17.0. The molecule has 1 fully saturated rings. The Hall–Kier alpha value is -1.02. The summed E-state index contributed by atoms with van der Waals surface area (Å²) in [5.41, 5.74) is 6.71. The van der Waals surface area contributed by atoms with Crippen LogP contribution in [0.2, 0.25) is 0 Å². The van der Waals surface area contributed by atoms with Crippen molar-refractivity contribution in [3.8, 4) is 5.75 Å². The van der Waals surface area contributed by atoms with Gasteiger partial charge in [0.05, 0.1) is 6.61 Å². The molecule has 0 unspecified atom stereocenters. The average molecular weight is 233 g/mol. The topological polar surface area (TPSA) is 35.2 Å². The number of benzene rings is 1. The van der Waals surface area contributed by atoms with Gasteiger partial charge in [-0.25, -0.2) is 0 Å². The summed E-state index contributed by atoms with van der Waals surface area (Å²) >= 11 is 0. The van der Waals surface area contributed by atoms with E-state index in [1.165, 1.54) is 38.5 Å². The molecule has 1 saturated carbocycles. The summed E-state index contributed by atoms with van der Waals surface area (Å²) < 4.78 is 5.77. The third-order valence-electron chi connectivity index (χ3n) is 3.68. The number of ether oxygens (including phenoxy) is 1. The van der Waals surface area contributed by atoms with E-state index in [1.54, 1.807) is 0 Å². The summed E-state index contributed by atoms with van der Waals surface area (Å²) in [4.78, 5) is 0. The van der Waals surface area contributed by atoms with Crippen molar-refractivity contribution in [2.24, 2.45) is 11.7 Å². The Morgan fingerprint density at radius 1 is 1.06 bits per heavy atom. The number of rotatable bonds is 5. The SMILES string of the molecule is NCc1ccc(OCCC2CCCCC2)cc1. The maximum absolute atomic E-state index is 5.77. The molecule has 2 N–H and O–H groups in total. The van der Waals surface area contributed by atoms with Crippen LogP contribution in [0.5, 0.6) is 5.75 Å². The van der Waals surface area contributed by atoms with E-state index >= 15 is 0 Å². The highest BCUT2D eigenvalue weighted by Gasteiger charge is 2.12. The van der Waals surface area contributed by atoms with Gasteiger partial charge in [-0.1, -0.05) is 44.2 Å². The highest BCUT2D eigenvalue weighted by atomic mass is 16.5. The molecule has 0 amide bonds. The smallest absolute Gasteiger partial charge is 0.119 e. The van der Waals surface area contributed by atoms with E-state index in [0.717, 1.165) is 23.8 Å². The van der Waals surface area contributed by atoms with E-state index in [2.05, 4.69) is 0 Å². The van der Waals surface area contributed by atoms with Crippen molar-refractivity contribution < 1.29 is 4.74 Å². The lowest BCUT2D eigenvalue weighted by molar-refractivity contribution is 0.246. The van der Waals surface area contributed by atoms with Gasteiger partial charge in [0.1, 0.15) is 5.75 Å². The summed E-state index contributed by atoms with van der Waals surface area (Å²) in [5, 5.41) is 0. The fraction of sp³-hybridized carbons (Fsp3) is 0.600. The molecule has 0 saturated heterocycles. The molecule has 1 aliphatic rings. The van der Waals surface area contributed by atoms with E-state index in [4.69, 9.17) is 10.5 Å². The number of hydrogen-bond donors (Lipinski definition) is 1. The Balaban J connectivity index is 1.69. The first-order valence-corrected chi connectivity index (χ1v) is 6.80. The Labute approximate surface area is 104 Å². The van der Waals surface area contributed by atoms with Crippen molar-refractivity contribution in [3.63, 3.8) is 0 Å². The van der Waals surface area contributed by atoms with Crippen LogP contribution in [0.4, 0.5) is 0 Å². The summed E-state index contributed by atoms with van der Waals surface area (Å²) in [7, 11) is 0. The molecule has 0 aliphatic heterocycles. The van der Waals surface area contributed by atoms with Gasteiger partial charge in [0.25, 0.3) is 0 Å². The zero-order chi connectivity index (χ0) is 11.9. The predicted octanol–water partition coefficient (Wildman–Crippen LogP) is 3.49. The first-order chi connectivity index (χ1) is 8.38. The summed E-state index contributed by atoms with van der Waals surface area (Å²) in [5.74, 6) is 1.87. The molecule has 94 valence electrons. The molecule has 2 rings (SSSR count). The first kappa shape index (κ1) is 12.4. The quantitative estimate of drug-likeness (QED) is 0.845. The zero-order valence-electron chi connectivity index (χ0n) is 10.5. The fourth-order valence-electron chi connectivity index (χ4n) is 2.54. The van der Waals surface area contributed by atoms with Gasteiger partial charge in [0, 0.05) is 6.54 Å². The van der Waals surface area contributed by atoms with Crippen LogP contribution in [0, 0.1) is 5.92 Å². The molecular weight excluding hydrogens is 210 g/mol. The van der Waals surface area contributed by atoms with Gasteiger partial charge in [0.2, 0.25) is 0 Å². The zero-order valence-corrected chi connectivity index (χ0v) is 10.5. The molecule has 0 aromatic heterocycles. The van der Waals surface area contributed by atoms with Crippen LogP contribution >= 0.6 is 0 Å². The second-order valence-electron chi connectivity index (χ2n) is 4.99. The van der Waals surface area contributed by atoms with Crippen molar-refractivity contribution in [1.29, 1.82) is 0 Å². The fourth-order valence-corrected chi connectivity index (χ4v) is 2.54. The van der Waals surface area contributed by atoms with Gasteiger partial charge in [-0.2, -0.15) is 0 Å². The highest BCUT2D eigenvalue weighted by Crippen LogP contribution is 2.26. The Morgan fingerprint density at radius 2 is 1.76 bits per heavy atom. The van der Waals surface area contributed by atoms with Crippen LogP contribution in [-0.2, 0) is 6.54 Å². The predicted molar refractivity (Wildman–Crippen MR) is 71.0 cm³/mol. The minimum atomic E-state index is 0.600. The van der Waals surface area contributed by atoms with Gasteiger partial charge in [-0.15, -0.1) is 0 Å². The second kappa shape index (κ2) is 6.65. The third-order valence-corrected chi connectivity index (χ3v) is 3.68. The molecule has 0 atom stereocenters. The van der Waals surface area contributed by atoms with Crippen molar-refractivity contribution in [3.05, 3.63) is 29.8 Å². The lowest BCUT2D eigenvalue weighted by Gasteiger charge is -2.21. The Kier molecular flexibility index (Phi) is 4.87. The minimum absolute atomic E-state index is 0.600. The van der Waals surface area contributed by atoms with Crippen molar-refractivity contribution in [2.45, 2.75) is 45.1 Å². The molecular formula is C15H23NO. The van der Waals surface area contributed by atoms with Crippen LogP contribution in [0.3, 0.4) is 0 Å². The third kappa shape index (κ3) is 4.04. The van der Waals surface area contributed by atoms with Crippen LogP contribution in [0.1, 0.15) is 44.1 Å². The summed E-state index contributed by atoms with van der Waals surface area (Å²) in [6.07, 6.45) is 8.26. The average Bonchev–Trinajstić information content (AvgIpc) is 2.41. The van der Waals surface area contributed by atoms with Crippen LogP contribution in [-0.4, -0.2) is 6.61 Å². The molecule has 17 heavy (non-hydrogen) atoms. The standard InChI is InChI=1S/C15H23NO/c16-12-14-6-8-15(9-7-14)17-11-10-13-4-2-1-3-5-13/h6-9,13H,1-5,10-12,16H2. The highest BCUT2D eigenvalue weighted by molar-refractivity contribution is 5.26. The van der Waals surface area contributed by atoms with Gasteiger partial charge in [-0.3, -0.25) is 0 Å². The minimum Gasteiger partial charge on any atom is -0.494 e. The lowest BCUT2D eigenvalue weighted by Crippen LogP contribution is -2.10. The molecule has 0 radical (unpaired) electrons. The molecule has 0 heterocycles. The molecule has 2 nitrogen and oxygen atoms in total. The van der Waals surface area contributed by atoms with Gasteiger partial charge < -0.3 is 10.5 Å². The first-order valence-electron chi connectivity index (χ1n) is 6.80. The molecule has 2 heteroatoms. The second-order valence-corrected chi connectivity index (χ2v) is 4.99. The maximum atomic E-state index is 5.77. The van der Waals surface area contributed by atoms with Crippen LogP contribution in [0.25, 0.3) is 0 Å². The number of hydrogen-bond acceptors (Lipinski definition) is 2. The molecule has 1 aliphatic carbocycles. The molecule has 1 aromatic carbocycles. The van der Waals surface area contributed by atoms with Gasteiger partial charge in [0.15, 0.2) is 0 Å². The molecule has 0 spiro atoms. The van der Waals surface area contributed by atoms with Gasteiger partial charge in [-0.05, 0) is 30.0 Å². The van der Waals surface area contributed by atoms with Crippen molar-refractivity contribution in [1.82, 2.24) is 0 Å². The largest absolute Gasteiger partial charge is 0.494 e. The Morgan fingerprint density at radius 3 is 2.41 bits per heavy atom. The number of nitrogens with two attached hydrogens (primary N) is 1. The Bertz CT molecular complexity index is 314. The van der Waals surface area contributed by atoms with E-state index in [1.807, 2.05) is 24.3 Å². The van der Waals surface area contributed by atoms with E-state index in [0.29, 0.717) is 6.54 Å². The lowest BCUT2D eigenvalue weighted by atomic mass is 9.87.